The van der Waals surface area contributed by atoms with E-state index in [1.165, 1.54) is 0 Å². The van der Waals surface area contributed by atoms with Crippen LogP contribution in [0.3, 0.4) is 0 Å². The molecule has 0 saturated carbocycles. The molecule has 0 aromatic heterocycles. The third-order valence-corrected chi connectivity index (χ3v) is 4.29. The average molecular weight is 427 g/mol. The van der Waals surface area contributed by atoms with E-state index in [4.69, 9.17) is 14.6 Å². The number of esters is 2. The van der Waals surface area contributed by atoms with Crippen LogP contribution in [-0.4, -0.2) is 35.0 Å². The second-order valence-corrected chi connectivity index (χ2v) is 6.79. The molecule has 8 heteroatoms. The molecule has 0 unspecified atom stereocenters. The summed E-state index contributed by atoms with van der Waals surface area (Å²) >= 11 is 0. The van der Waals surface area contributed by atoms with Crippen LogP contribution in [0.4, 0.5) is 0 Å². The van der Waals surface area contributed by atoms with Crippen molar-refractivity contribution in [2.45, 2.75) is 44.9 Å². The second-order valence-electron chi connectivity index (χ2n) is 6.79. The van der Waals surface area contributed by atoms with Gasteiger partial charge in [0.1, 0.15) is 19.3 Å². The Hall–Kier alpha value is -3.68. The fourth-order valence-electron chi connectivity index (χ4n) is 2.64. The minimum atomic E-state index is -1.12. The average Bonchev–Trinajstić information content (AvgIpc) is 2.78. The number of carbonyl (C=O) groups is 4. The van der Waals surface area contributed by atoms with Crippen molar-refractivity contribution in [3.05, 3.63) is 71.8 Å². The van der Waals surface area contributed by atoms with Gasteiger partial charge in [-0.05, 0) is 17.5 Å². The number of ether oxygens (including phenoxy) is 2. The third-order valence-electron chi connectivity index (χ3n) is 4.29. The maximum atomic E-state index is 12.5. The summed E-state index contributed by atoms with van der Waals surface area (Å²) in [6.45, 7) is 0.118. The molecule has 0 heterocycles. The van der Waals surface area contributed by atoms with Gasteiger partial charge in [-0.1, -0.05) is 60.7 Å². The molecule has 0 aliphatic rings. The molecule has 2 rings (SSSR count). The van der Waals surface area contributed by atoms with Crippen molar-refractivity contribution in [2.24, 2.45) is 0 Å². The number of hydrogen-bond acceptors (Lipinski definition) is 6. The molecule has 0 radical (unpaired) electrons. The maximum absolute atomic E-state index is 12.5. The van der Waals surface area contributed by atoms with Gasteiger partial charge < -0.3 is 19.9 Å². The predicted octanol–water partition coefficient (Wildman–Crippen LogP) is 2.60. The van der Waals surface area contributed by atoms with E-state index in [0.717, 1.165) is 11.1 Å². The van der Waals surface area contributed by atoms with E-state index in [9.17, 15) is 19.2 Å². The van der Waals surface area contributed by atoms with Crippen LogP contribution in [0, 0.1) is 0 Å². The van der Waals surface area contributed by atoms with E-state index < -0.39 is 29.9 Å². The van der Waals surface area contributed by atoms with Crippen molar-refractivity contribution >= 4 is 23.8 Å². The molecule has 0 aliphatic heterocycles. The van der Waals surface area contributed by atoms with Crippen molar-refractivity contribution in [1.82, 2.24) is 5.32 Å². The SMILES string of the molecule is O=C(O)CCC(=O)N[C@@H](CCC(=O)OCc1ccccc1)C(=O)OCc1ccccc1. The molecule has 0 fully saturated rings. The van der Waals surface area contributed by atoms with Gasteiger partial charge in [0, 0.05) is 12.8 Å². The number of benzene rings is 2. The molecule has 0 saturated heterocycles. The number of carboxylic acids is 1. The molecule has 2 N–H and O–H groups in total. The van der Waals surface area contributed by atoms with Crippen molar-refractivity contribution in [3.8, 4) is 0 Å². The van der Waals surface area contributed by atoms with Crippen molar-refractivity contribution < 1.29 is 33.8 Å². The van der Waals surface area contributed by atoms with Crippen LogP contribution in [0.5, 0.6) is 0 Å². The standard InChI is InChI=1S/C23H25NO7/c25-20(12-13-21(26)27)24-19(23(29)31-16-18-9-5-2-6-10-18)11-14-22(28)30-15-17-7-3-1-4-8-17/h1-10,19H,11-16H2,(H,24,25)(H,26,27)/t19-/m0/s1. The number of amides is 1. The molecule has 31 heavy (non-hydrogen) atoms. The zero-order valence-electron chi connectivity index (χ0n) is 17.0. The zero-order valence-corrected chi connectivity index (χ0v) is 17.0. The highest BCUT2D eigenvalue weighted by Crippen LogP contribution is 2.08. The van der Waals surface area contributed by atoms with Crippen molar-refractivity contribution in [2.75, 3.05) is 0 Å². The molecular formula is C23H25NO7. The van der Waals surface area contributed by atoms with E-state index in [0.29, 0.717) is 0 Å². The summed E-state index contributed by atoms with van der Waals surface area (Å²) in [5.41, 5.74) is 1.60. The van der Waals surface area contributed by atoms with Crippen LogP contribution >= 0.6 is 0 Å². The van der Waals surface area contributed by atoms with Crippen molar-refractivity contribution in [3.63, 3.8) is 0 Å². The van der Waals surface area contributed by atoms with E-state index in [-0.39, 0.29) is 38.9 Å². The smallest absolute Gasteiger partial charge is 0.328 e. The monoisotopic (exact) mass is 427 g/mol. The molecule has 2 aromatic carbocycles. The molecular weight excluding hydrogens is 402 g/mol. The summed E-state index contributed by atoms with van der Waals surface area (Å²) in [5.74, 6) is -2.96. The van der Waals surface area contributed by atoms with Gasteiger partial charge in [-0.15, -0.1) is 0 Å². The Morgan fingerprint density at radius 3 is 1.87 bits per heavy atom. The number of carbonyl (C=O) groups excluding carboxylic acids is 3. The molecule has 0 spiro atoms. The van der Waals surface area contributed by atoms with Gasteiger partial charge in [-0.3, -0.25) is 14.4 Å². The normalized spacial score (nSPS) is 11.2. The quantitative estimate of drug-likeness (QED) is 0.500. The molecule has 2 aromatic rings. The first-order chi connectivity index (χ1) is 14.9. The number of hydrogen-bond donors (Lipinski definition) is 2. The van der Waals surface area contributed by atoms with Gasteiger partial charge in [-0.25, -0.2) is 4.79 Å². The Kier molecular flexibility index (Phi) is 9.74. The van der Waals surface area contributed by atoms with Gasteiger partial charge in [0.25, 0.3) is 0 Å². The van der Waals surface area contributed by atoms with Crippen LogP contribution in [-0.2, 0) is 41.9 Å². The number of carboxylic acid groups (broad SMARTS) is 1. The highest BCUT2D eigenvalue weighted by molar-refractivity contribution is 5.86. The summed E-state index contributed by atoms with van der Waals surface area (Å²) in [6, 6.07) is 17.1. The lowest BCUT2D eigenvalue weighted by atomic mass is 10.1. The summed E-state index contributed by atoms with van der Waals surface area (Å²) in [7, 11) is 0. The summed E-state index contributed by atoms with van der Waals surface area (Å²) in [5, 5.41) is 11.2. The summed E-state index contributed by atoms with van der Waals surface area (Å²) < 4.78 is 10.4. The maximum Gasteiger partial charge on any atom is 0.328 e. The Balaban J connectivity index is 1.88. The Labute approximate surface area is 180 Å². The van der Waals surface area contributed by atoms with E-state index in [2.05, 4.69) is 5.32 Å². The number of nitrogens with one attached hydrogen (secondary N) is 1. The minimum absolute atomic E-state index is 0.0135. The first kappa shape index (κ1) is 23.6. The molecule has 164 valence electrons. The largest absolute Gasteiger partial charge is 0.481 e. The van der Waals surface area contributed by atoms with Gasteiger partial charge in [0.15, 0.2) is 0 Å². The lowest BCUT2D eigenvalue weighted by molar-refractivity contribution is -0.150. The van der Waals surface area contributed by atoms with Gasteiger partial charge in [-0.2, -0.15) is 0 Å². The van der Waals surface area contributed by atoms with Crippen LogP contribution in [0.2, 0.25) is 0 Å². The molecule has 8 nitrogen and oxygen atoms in total. The highest BCUT2D eigenvalue weighted by atomic mass is 16.5. The fourth-order valence-corrected chi connectivity index (χ4v) is 2.64. The lowest BCUT2D eigenvalue weighted by Crippen LogP contribution is -2.42. The number of aliphatic carboxylic acids is 1. The van der Waals surface area contributed by atoms with E-state index in [1.807, 2.05) is 36.4 Å². The number of rotatable bonds is 12. The van der Waals surface area contributed by atoms with Crippen LogP contribution in [0.25, 0.3) is 0 Å². The molecule has 1 amide bonds. The fraction of sp³-hybridized carbons (Fsp3) is 0.304. The van der Waals surface area contributed by atoms with Crippen LogP contribution < -0.4 is 5.32 Å². The Morgan fingerprint density at radius 2 is 1.32 bits per heavy atom. The topological polar surface area (TPSA) is 119 Å². The zero-order chi connectivity index (χ0) is 22.5. The van der Waals surface area contributed by atoms with Crippen molar-refractivity contribution in [1.29, 1.82) is 0 Å². The second kappa shape index (κ2) is 12.8. The molecule has 0 aliphatic carbocycles. The predicted molar refractivity (Wildman–Crippen MR) is 111 cm³/mol. The minimum Gasteiger partial charge on any atom is -0.481 e. The molecule has 0 bridgehead atoms. The Bertz CT molecular complexity index is 868. The summed E-state index contributed by atoms with van der Waals surface area (Å²) in [6.07, 6.45) is -0.788. The first-order valence-electron chi connectivity index (χ1n) is 9.85. The van der Waals surface area contributed by atoms with Gasteiger partial charge >= 0.3 is 17.9 Å². The van der Waals surface area contributed by atoms with Gasteiger partial charge in [0.2, 0.25) is 5.91 Å². The first-order valence-corrected chi connectivity index (χ1v) is 9.85. The molecule has 1 atom stereocenters. The van der Waals surface area contributed by atoms with E-state index in [1.54, 1.807) is 24.3 Å². The van der Waals surface area contributed by atoms with Gasteiger partial charge in [0.05, 0.1) is 6.42 Å². The third kappa shape index (κ3) is 9.58. The Morgan fingerprint density at radius 1 is 0.774 bits per heavy atom. The lowest BCUT2D eigenvalue weighted by Gasteiger charge is -2.17. The summed E-state index contributed by atoms with van der Waals surface area (Å²) in [4.78, 5) is 47.2. The van der Waals surface area contributed by atoms with E-state index >= 15 is 0 Å². The van der Waals surface area contributed by atoms with Crippen LogP contribution in [0.15, 0.2) is 60.7 Å². The highest BCUT2D eigenvalue weighted by Gasteiger charge is 2.24. The van der Waals surface area contributed by atoms with Crippen LogP contribution in [0.1, 0.15) is 36.8 Å².